The van der Waals surface area contributed by atoms with Crippen molar-refractivity contribution in [2.75, 3.05) is 5.32 Å². The molecule has 0 unspecified atom stereocenters. The lowest BCUT2D eigenvalue weighted by Gasteiger charge is -2.09. The summed E-state index contributed by atoms with van der Waals surface area (Å²) >= 11 is 1.51. The molecule has 134 valence electrons. The number of rotatable bonds is 3. The van der Waals surface area contributed by atoms with Crippen LogP contribution in [0, 0.1) is 13.8 Å². The van der Waals surface area contributed by atoms with Gasteiger partial charge in [-0.2, -0.15) is 0 Å². The molecular formula is C22H18N2O2S. The second kappa shape index (κ2) is 6.85. The molecule has 1 aromatic heterocycles. The minimum atomic E-state index is -0.181. The van der Waals surface area contributed by atoms with Gasteiger partial charge >= 0.3 is 0 Å². The standard InChI is InChI=1S/C22H18N2O2S/c1-13-7-8-15(11-14(13)2)21(26)23-16-9-10-19(25)17(12-16)22-24-18-5-3-4-6-20(18)27-22/h3-12,25H,1-2H3,(H,23,26). The van der Waals surface area contributed by atoms with Gasteiger partial charge in [0.05, 0.1) is 15.8 Å². The molecule has 0 radical (unpaired) electrons. The number of fused-ring (bicyclic) bond motifs is 1. The predicted molar refractivity (Wildman–Crippen MR) is 111 cm³/mol. The zero-order valence-electron chi connectivity index (χ0n) is 15.0. The van der Waals surface area contributed by atoms with Crippen LogP contribution in [-0.2, 0) is 0 Å². The van der Waals surface area contributed by atoms with Crippen LogP contribution in [0.15, 0.2) is 60.7 Å². The van der Waals surface area contributed by atoms with E-state index in [1.54, 1.807) is 18.2 Å². The maximum absolute atomic E-state index is 12.6. The largest absolute Gasteiger partial charge is 0.507 e. The monoisotopic (exact) mass is 374 g/mol. The fourth-order valence-corrected chi connectivity index (χ4v) is 3.85. The highest BCUT2D eigenvalue weighted by molar-refractivity contribution is 7.21. The van der Waals surface area contributed by atoms with Crippen molar-refractivity contribution in [2.24, 2.45) is 0 Å². The number of nitrogens with one attached hydrogen (secondary N) is 1. The van der Waals surface area contributed by atoms with Crippen molar-refractivity contribution >= 4 is 33.1 Å². The molecular weight excluding hydrogens is 356 g/mol. The lowest BCUT2D eigenvalue weighted by Crippen LogP contribution is -2.12. The highest BCUT2D eigenvalue weighted by Crippen LogP contribution is 2.36. The van der Waals surface area contributed by atoms with Crippen LogP contribution >= 0.6 is 11.3 Å². The van der Waals surface area contributed by atoms with Crippen molar-refractivity contribution in [3.63, 3.8) is 0 Å². The molecule has 0 bridgehead atoms. The number of hydrogen-bond donors (Lipinski definition) is 2. The first-order valence-corrected chi connectivity index (χ1v) is 9.40. The Morgan fingerprint density at radius 1 is 1.00 bits per heavy atom. The Bertz CT molecular complexity index is 1130. The molecule has 4 rings (SSSR count). The average Bonchev–Trinajstić information content (AvgIpc) is 3.09. The number of hydrogen-bond acceptors (Lipinski definition) is 4. The van der Waals surface area contributed by atoms with Gasteiger partial charge in [0, 0.05) is 11.3 Å². The van der Waals surface area contributed by atoms with E-state index in [0.29, 0.717) is 16.8 Å². The topological polar surface area (TPSA) is 62.2 Å². The maximum atomic E-state index is 12.6. The Hall–Kier alpha value is -3.18. The van der Waals surface area contributed by atoms with Gasteiger partial charge in [0.2, 0.25) is 0 Å². The van der Waals surface area contributed by atoms with E-state index in [0.717, 1.165) is 26.4 Å². The van der Waals surface area contributed by atoms with Crippen molar-refractivity contribution in [3.05, 3.63) is 77.4 Å². The molecule has 1 heterocycles. The number of aromatic nitrogens is 1. The summed E-state index contributed by atoms with van der Waals surface area (Å²) in [6, 6.07) is 18.5. The van der Waals surface area contributed by atoms with Gasteiger partial charge in [-0.1, -0.05) is 18.2 Å². The molecule has 5 heteroatoms. The van der Waals surface area contributed by atoms with Crippen LogP contribution in [0.4, 0.5) is 5.69 Å². The summed E-state index contributed by atoms with van der Waals surface area (Å²) in [6.07, 6.45) is 0. The van der Waals surface area contributed by atoms with Crippen LogP contribution in [0.2, 0.25) is 0 Å². The van der Waals surface area contributed by atoms with E-state index in [1.807, 2.05) is 56.3 Å². The van der Waals surface area contributed by atoms with Gasteiger partial charge in [0.15, 0.2) is 0 Å². The molecule has 4 nitrogen and oxygen atoms in total. The number of phenolic OH excluding ortho intramolecular Hbond substituents is 1. The summed E-state index contributed by atoms with van der Waals surface area (Å²) < 4.78 is 1.05. The molecule has 0 aliphatic heterocycles. The van der Waals surface area contributed by atoms with Crippen LogP contribution in [0.25, 0.3) is 20.8 Å². The van der Waals surface area contributed by atoms with Crippen molar-refractivity contribution < 1.29 is 9.90 Å². The Morgan fingerprint density at radius 2 is 1.81 bits per heavy atom. The number of carbonyl (C=O) groups is 1. The van der Waals surface area contributed by atoms with Crippen molar-refractivity contribution in [1.29, 1.82) is 0 Å². The average molecular weight is 374 g/mol. The van der Waals surface area contributed by atoms with Crippen LogP contribution in [0.5, 0.6) is 5.75 Å². The van der Waals surface area contributed by atoms with Crippen LogP contribution < -0.4 is 5.32 Å². The fourth-order valence-electron chi connectivity index (χ4n) is 2.86. The van der Waals surface area contributed by atoms with Gasteiger partial charge in [-0.3, -0.25) is 4.79 Å². The van der Waals surface area contributed by atoms with Gasteiger partial charge < -0.3 is 10.4 Å². The summed E-state index contributed by atoms with van der Waals surface area (Å²) in [7, 11) is 0. The highest BCUT2D eigenvalue weighted by Gasteiger charge is 2.13. The Balaban J connectivity index is 1.65. The molecule has 0 fully saturated rings. The number of anilines is 1. The van der Waals surface area contributed by atoms with E-state index < -0.39 is 0 Å². The van der Waals surface area contributed by atoms with Gasteiger partial charge in [0.25, 0.3) is 5.91 Å². The van der Waals surface area contributed by atoms with Crippen molar-refractivity contribution in [3.8, 4) is 16.3 Å². The number of nitrogens with zero attached hydrogens (tertiary/aromatic N) is 1. The Kier molecular flexibility index (Phi) is 4.38. The Morgan fingerprint density at radius 3 is 2.59 bits per heavy atom. The maximum Gasteiger partial charge on any atom is 0.255 e. The van der Waals surface area contributed by atoms with E-state index in [-0.39, 0.29) is 11.7 Å². The van der Waals surface area contributed by atoms with Crippen molar-refractivity contribution in [2.45, 2.75) is 13.8 Å². The van der Waals surface area contributed by atoms with Crippen molar-refractivity contribution in [1.82, 2.24) is 4.98 Å². The van der Waals surface area contributed by atoms with E-state index in [9.17, 15) is 9.90 Å². The summed E-state index contributed by atoms with van der Waals surface area (Å²) in [6.45, 7) is 4.00. The molecule has 0 spiro atoms. The first kappa shape index (κ1) is 17.2. The smallest absolute Gasteiger partial charge is 0.255 e. The van der Waals surface area contributed by atoms with E-state index in [1.165, 1.54) is 11.3 Å². The summed E-state index contributed by atoms with van der Waals surface area (Å²) in [5, 5.41) is 13.9. The molecule has 0 aliphatic carbocycles. The van der Waals surface area contributed by atoms with E-state index in [4.69, 9.17) is 0 Å². The molecule has 27 heavy (non-hydrogen) atoms. The zero-order chi connectivity index (χ0) is 19.0. The van der Waals surface area contributed by atoms with E-state index >= 15 is 0 Å². The van der Waals surface area contributed by atoms with Gasteiger partial charge in [0.1, 0.15) is 10.8 Å². The molecule has 0 saturated carbocycles. The second-order valence-corrected chi connectivity index (χ2v) is 7.50. The quantitative estimate of drug-likeness (QED) is 0.463. The van der Waals surface area contributed by atoms with E-state index in [2.05, 4.69) is 10.3 Å². The molecule has 0 saturated heterocycles. The molecule has 0 atom stereocenters. The molecule has 1 amide bonds. The SMILES string of the molecule is Cc1ccc(C(=O)Nc2ccc(O)c(-c3nc4ccccc4s3)c2)cc1C. The zero-order valence-corrected chi connectivity index (χ0v) is 15.8. The normalized spacial score (nSPS) is 10.9. The number of carbonyl (C=O) groups excluding carboxylic acids is 1. The lowest BCUT2D eigenvalue weighted by atomic mass is 10.1. The highest BCUT2D eigenvalue weighted by atomic mass is 32.1. The molecule has 3 aromatic carbocycles. The summed E-state index contributed by atoms with van der Waals surface area (Å²) in [5.74, 6) is -0.0442. The second-order valence-electron chi connectivity index (χ2n) is 6.47. The minimum absolute atomic E-state index is 0.137. The number of para-hydroxylation sites is 1. The van der Waals surface area contributed by atoms with Crippen LogP contribution in [0.1, 0.15) is 21.5 Å². The number of aryl methyl sites for hydroxylation is 2. The third-order valence-corrected chi connectivity index (χ3v) is 5.62. The number of amides is 1. The number of thiazole rings is 1. The third kappa shape index (κ3) is 3.41. The minimum Gasteiger partial charge on any atom is -0.507 e. The van der Waals surface area contributed by atoms with Crippen LogP contribution in [-0.4, -0.2) is 16.0 Å². The lowest BCUT2D eigenvalue weighted by molar-refractivity contribution is 0.102. The predicted octanol–water partition coefficient (Wildman–Crippen LogP) is 5.54. The summed E-state index contributed by atoms with van der Waals surface area (Å²) in [5.41, 5.74) is 4.94. The molecule has 2 N–H and O–H groups in total. The number of phenols is 1. The Labute approximate surface area is 161 Å². The molecule has 4 aromatic rings. The van der Waals surface area contributed by atoms with Gasteiger partial charge in [-0.05, 0) is 67.4 Å². The molecule has 0 aliphatic rings. The number of benzene rings is 3. The third-order valence-electron chi connectivity index (χ3n) is 4.55. The van der Waals surface area contributed by atoms with Crippen LogP contribution in [0.3, 0.4) is 0 Å². The number of aromatic hydroxyl groups is 1. The summed E-state index contributed by atoms with van der Waals surface area (Å²) in [4.78, 5) is 17.2. The van der Waals surface area contributed by atoms with Gasteiger partial charge in [-0.15, -0.1) is 11.3 Å². The first-order chi connectivity index (χ1) is 13.0. The van der Waals surface area contributed by atoms with Gasteiger partial charge in [-0.25, -0.2) is 4.98 Å². The first-order valence-electron chi connectivity index (χ1n) is 8.59. The fraction of sp³-hybridized carbons (Fsp3) is 0.0909.